The van der Waals surface area contributed by atoms with Crippen LogP contribution in [0.3, 0.4) is 0 Å². The van der Waals surface area contributed by atoms with Crippen molar-refractivity contribution in [1.82, 2.24) is 0 Å². The molecule has 1 aromatic heterocycles. The van der Waals surface area contributed by atoms with Gasteiger partial charge in [0, 0.05) is 4.88 Å². The van der Waals surface area contributed by atoms with Crippen molar-refractivity contribution < 1.29 is 4.39 Å². The maximum absolute atomic E-state index is 13.1. The van der Waals surface area contributed by atoms with Crippen molar-refractivity contribution >= 4 is 16.3 Å². The van der Waals surface area contributed by atoms with Crippen LogP contribution in [0.5, 0.6) is 0 Å². The SMILES string of the molecule is Cc1c(-c2cccc(F)c2)sc(N)c1C#N. The van der Waals surface area contributed by atoms with Gasteiger partial charge in [-0.2, -0.15) is 5.26 Å². The molecule has 2 N–H and O–H groups in total. The lowest BCUT2D eigenvalue weighted by molar-refractivity contribution is 0.628. The summed E-state index contributed by atoms with van der Waals surface area (Å²) < 4.78 is 13.1. The molecule has 0 fully saturated rings. The van der Waals surface area contributed by atoms with Crippen LogP contribution in [0.1, 0.15) is 11.1 Å². The number of halogens is 1. The molecule has 0 radical (unpaired) electrons. The van der Waals surface area contributed by atoms with E-state index in [1.807, 2.05) is 13.0 Å². The van der Waals surface area contributed by atoms with E-state index < -0.39 is 0 Å². The van der Waals surface area contributed by atoms with Crippen molar-refractivity contribution in [2.75, 3.05) is 5.73 Å². The van der Waals surface area contributed by atoms with Crippen LogP contribution in [-0.4, -0.2) is 0 Å². The van der Waals surface area contributed by atoms with Gasteiger partial charge in [0.1, 0.15) is 16.9 Å². The van der Waals surface area contributed by atoms with Gasteiger partial charge in [-0.1, -0.05) is 12.1 Å². The summed E-state index contributed by atoms with van der Waals surface area (Å²) in [5, 5.41) is 9.40. The van der Waals surface area contributed by atoms with Crippen LogP contribution in [0.2, 0.25) is 0 Å². The maximum Gasteiger partial charge on any atom is 0.123 e. The molecule has 0 aliphatic heterocycles. The van der Waals surface area contributed by atoms with Gasteiger partial charge in [-0.15, -0.1) is 11.3 Å². The zero-order valence-corrected chi connectivity index (χ0v) is 9.44. The summed E-state index contributed by atoms with van der Waals surface area (Å²) in [6.45, 7) is 1.83. The molecule has 0 unspecified atom stereocenters. The largest absolute Gasteiger partial charge is 0.389 e. The first kappa shape index (κ1) is 10.7. The minimum absolute atomic E-state index is 0.289. The molecule has 0 atom stereocenters. The zero-order chi connectivity index (χ0) is 11.7. The third kappa shape index (κ3) is 1.66. The second kappa shape index (κ2) is 3.95. The van der Waals surface area contributed by atoms with Crippen LogP contribution in [-0.2, 0) is 0 Å². The molecule has 0 spiro atoms. The lowest BCUT2D eigenvalue weighted by atomic mass is 10.1. The lowest BCUT2D eigenvalue weighted by Gasteiger charge is -1.99. The Morgan fingerprint density at radius 3 is 2.75 bits per heavy atom. The van der Waals surface area contributed by atoms with Crippen molar-refractivity contribution in [3.8, 4) is 16.5 Å². The van der Waals surface area contributed by atoms with Crippen LogP contribution in [0.4, 0.5) is 9.39 Å². The second-order valence-corrected chi connectivity index (χ2v) is 4.47. The van der Waals surface area contributed by atoms with Crippen LogP contribution in [0.25, 0.3) is 10.4 Å². The first-order valence-electron chi connectivity index (χ1n) is 4.68. The highest BCUT2D eigenvalue weighted by Gasteiger charge is 2.14. The normalized spacial score (nSPS) is 10.1. The molecule has 1 heterocycles. The molecular weight excluding hydrogens is 223 g/mol. The molecule has 0 bridgehead atoms. The second-order valence-electron chi connectivity index (χ2n) is 3.42. The minimum Gasteiger partial charge on any atom is -0.389 e. The van der Waals surface area contributed by atoms with E-state index in [0.717, 1.165) is 16.0 Å². The van der Waals surface area contributed by atoms with Gasteiger partial charge >= 0.3 is 0 Å². The molecule has 1 aromatic carbocycles. The lowest BCUT2D eigenvalue weighted by Crippen LogP contribution is -1.84. The van der Waals surface area contributed by atoms with Gasteiger partial charge in [0.2, 0.25) is 0 Å². The molecule has 80 valence electrons. The third-order valence-electron chi connectivity index (χ3n) is 2.37. The number of nitrogen functional groups attached to an aromatic ring is 1. The molecule has 2 aromatic rings. The van der Waals surface area contributed by atoms with Gasteiger partial charge in [0.15, 0.2) is 0 Å². The van der Waals surface area contributed by atoms with Gasteiger partial charge in [-0.3, -0.25) is 0 Å². The zero-order valence-electron chi connectivity index (χ0n) is 8.62. The van der Waals surface area contributed by atoms with Crippen molar-refractivity contribution in [2.24, 2.45) is 0 Å². The number of nitrogens with zero attached hydrogens (tertiary/aromatic N) is 1. The summed E-state index contributed by atoms with van der Waals surface area (Å²) in [4.78, 5) is 0.855. The fraction of sp³-hybridized carbons (Fsp3) is 0.0833. The fourth-order valence-corrected chi connectivity index (χ4v) is 2.60. The molecule has 16 heavy (non-hydrogen) atoms. The number of rotatable bonds is 1. The first-order chi connectivity index (χ1) is 7.63. The van der Waals surface area contributed by atoms with Crippen molar-refractivity contribution in [1.29, 1.82) is 5.26 Å². The molecule has 2 rings (SSSR count). The highest BCUT2D eigenvalue weighted by molar-refractivity contribution is 7.19. The van der Waals surface area contributed by atoms with E-state index in [2.05, 4.69) is 6.07 Å². The molecule has 0 saturated heterocycles. The molecular formula is C12H9FN2S. The Bertz CT molecular complexity index is 581. The van der Waals surface area contributed by atoms with Crippen molar-refractivity contribution in [2.45, 2.75) is 6.92 Å². The van der Waals surface area contributed by atoms with Gasteiger partial charge < -0.3 is 5.73 Å². The molecule has 0 amide bonds. The fourth-order valence-electron chi connectivity index (χ4n) is 1.58. The molecule has 0 aliphatic rings. The van der Waals surface area contributed by atoms with E-state index in [-0.39, 0.29) is 5.82 Å². The summed E-state index contributed by atoms with van der Waals surface area (Å²) in [6.07, 6.45) is 0. The van der Waals surface area contributed by atoms with Gasteiger partial charge in [-0.05, 0) is 30.2 Å². The monoisotopic (exact) mass is 232 g/mol. The Hall–Kier alpha value is -1.86. The average Bonchev–Trinajstić information content (AvgIpc) is 2.54. The highest BCUT2D eigenvalue weighted by atomic mass is 32.1. The molecule has 0 aliphatic carbocycles. The van der Waals surface area contributed by atoms with Crippen molar-refractivity contribution in [3.63, 3.8) is 0 Å². The van der Waals surface area contributed by atoms with E-state index >= 15 is 0 Å². The first-order valence-corrected chi connectivity index (χ1v) is 5.50. The van der Waals surface area contributed by atoms with E-state index in [1.54, 1.807) is 6.07 Å². The molecule has 2 nitrogen and oxygen atoms in total. The Labute approximate surface area is 96.8 Å². The number of hydrogen-bond acceptors (Lipinski definition) is 3. The topological polar surface area (TPSA) is 49.8 Å². The Balaban J connectivity index is 2.62. The maximum atomic E-state index is 13.1. The van der Waals surface area contributed by atoms with Crippen LogP contribution < -0.4 is 5.73 Å². The van der Waals surface area contributed by atoms with Gasteiger partial charge in [0.25, 0.3) is 0 Å². The Morgan fingerprint density at radius 1 is 1.44 bits per heavy atom. The van der Waals surface area contributed by atoms with Gasteiger partial charge in [0.05, 0.1) is 5.56 Å². The Morgan fingerprint density at radius 2 is 2.19 bits per heavy atom. The molecule has 4 heteroatoms. The van der Waals surface area contributed by atoms with Crippen LogP contribution in [0.15, 0.2) is 24.3 Å². The van der Waals surface area contributed by atoms with E-state index in [9.17, 15) is 4.39 Å². The van der Waals surface area contributed by atoms with E-state index in [4.69, 9.17) is 11.0 Å². The Kier molecular flexibility index (Phi) is 2.63. The van der Waals surface area contributed by atoms with Crippen molar-refractivity contribution in [3.05, 3.63) is 41.2 Å². The molecule has 0 saturated carbocycles. The van der Waals surface area contributed by atoms with E-state index in [0.29, 0.717) is 10.6 Å². The highest BCUT2D eigenvalue weighted by Crippen LogP contribution is 2.37. The number of hydrogen-bond donors (Lipinski definition) is 1. The number of nitrogens with two attached hydrogens (primary N) is 1. The quantitative estimate of drug-likeness (QED) is 0.820. The minimum atomic E-state index is -0.289. The van der Waals surface area contributed by atoms with Gasteiger partial charge in [-0.25, -0.2) is 4.39 Å². The summed E-state index contributed by atoms with van der Waals surface area (Å²) >= 11 is 1.32. The number of thiophene rings is 1. The predicted octanol–water partition coefficient (Wildman–Crippen LogP) is 3.32. The third-order valence-corrected chi connectivity index (χ3v) is 3.54. The number of nitriles is 1. The summed E-state index contributed by atoms with van der Waals surface area (Å²) in [5.41, 5.74) is 7.80. The van der Waals surface area contributed by atoms with E-state index in [1.165, 1.54) is 23.5 Å². The van der Waals surface area contributed by atoms with Crippen LogP contribution >= 0.6 is 11.3 Å². The predicted molar refractivity (Wildman–Crippen MR) is 63.6 cm³/mol. The average molecular weight is 232 g/mol. The summed E-state index contributed by atoms with van der Waals surface area (Å²) in [6, 6.07) is 8.35. The summed E-state index contributed by atoms with van der Waals surface area (Å²) in [5.74, 6) is -0.289. The summed E-state index contributed by atoms with van der Waals surface area (Å²) in [7, 11) is 0. The number of benzene rings is 1. The number of anilines is 1. The van der Waals surface area contributed by atoms with Crippen LogP contribution in [0, 0.1) is 24.1 Å². The smallest absolute Gasteiger partial charge is 0.123 e. The standard InChI is InChI=1S/C12H9FN2S/c1-7-10(6-14)12(15)16-11(7)8-3-2-4-9(13)5-8/h2-5H,15H2,1H3.